The molecule has 1 aliphatic rings. The number of hydrogen-bond donors (Lipinski definition) is 1. The molecule has 0 aromatic heterocycles. The van der Waals surface area contributed by atoms with Gasteiger partial charge in [-0.3, -0.25) is 9.69 Å². The minimum Gasteiger partial charge on any atom is -0.308 e. The maximum atomic E-state index is 13.5. The first-order valence-corrected chi connectivity index (χ1v) is 10.2. The Labute approximate surface area is 191 Å². The average molecular weight is 478 g/mol. The van der Waals surface area contributed by atoms with Gasteiger partial charge in [-0.1, -0.05) is 23.7 Å². The van der Waals surface area contributed by atoms with Crippen LogP contribution in [0.15, 0.2) is 54.6 Å². The second-order valence-corrected chi connectivity index (χ2v) is 7.70. The van der Waals surface area contributed by atoms with Gasteiger partial charge in [0, 0.05) is 18.8 Å². The molecule has 4 rings (SSSR count). The molecule has 0 bridgehead atoms. The van der Waals surface area contributed by atoms with E-state index in [4.69, 9.17) is 11.6 Å². The van der Waals surface area contributed by atoms with Crippen LogP contribution in [-0.4, -0.2) is 25.0 Å². The summed E-state index contributed by atoms with van der Waals surface area (Å²) in [5.74, 6) is -5.44. The van der Waals surface area contributed by atoms with Gasteiger partial charge in [0.15, 0.2) is 17.5 Å². The van der Waals surface area contributed by atoms with Crippen LogP contribution in [0.5, 0.6) is 0 Å². The van der Waals surface area contributed by atoms with Gasteiger partial charge in [-0.15, -0.1) is 0 Å². The molecule has 33 heavy (non-hydrogen) atoms. The second kappa shape index (κ2) is 9.11. The molecule has 3 aromatic rings. The third kappa shape index (κ3) is 4.63. The number of urea groups is 1. The number of halogens is 5. The van der Waals surface area contributed by atoms with Gasteiger partial charge in [0.2, 0.25) is 5.91 Å². The van der Waals surface area contributed by atoms with Crippen molar-refractivity contribution in [1.82, 2.24) is 0 Å². The van der Waals surface area contributed by atoms with Crippen molar-refractivity contribution in [2.24, 2.45) is 0 Å². The van der Waals surface area contributed by atoms with Crippen LogP contribution in [0.25, 0.3) is 0 Å². The maximum absolute atomic E-state index is 13.5. The molecule has 170 valence electrons. The SMILES string of the molecule is O=C(Cc1cc(F)c(F)c(F)c1)N1CCN(C(=O)Nc2ccc(F)c(Cl)c2)c2ccccc21. The lowest BCUT2D eigenvalue weighted by atomic mass is 10.1. The summed E-state index contributed by atoms with van der Waals surface area (Å²) in [5.41, 5.74) is 1.13. The standard InChI is InChI=1S/C23H16ClF4N3O2/c24-15-12-14(5-6-16(15)25)29-23(33)31-8-7-30(19-3-1-2-4-20(19)31)21(32)11-13-9-17(26)22(28)18(27)10-13/h1-6,9-10,12H,7-8,11H2,(H,29,33). The number of nitrogens with one attached hydrogen (secondary N) is 1. The van der Waals surface area contributed by atoms with Gasteiger partial charge in [-0.05, 0) is 48.0 Å². The number of fused-ring (bicyclic) bond motifs is 1. The van der Waals surface area contributed by atoms with Crippen molar-refractivity contribution in [1.29, 1.82) is 0 Å². The fourth-order valence-corrected chi connectivity index (χ4v) is 3.76. The minimum absolute atomic E-state index is 0.0118. The van der Waals surface area contributed by atoms with E-state index in [9.17, 15) is 27.2 Å². The van der Waals surface area contributed by atoms with E-state index in [1.807, 2.05) is 0 Å². The third-order valence-electron chi connectivity index (χ3n) is 5.13. The van der Waals surface area contributed by atoms with Crippen molar-refractivity contribution in [3.8, 4) is 0 Å². The number of hydrogen-bond acceptors (Lipinski definition) is 2. The molecule has 3 amide bonds. The summed E-state index contributed by atoms with van der Waals surface area (Å²) in [6, 6.07) is 11.5. The molecule has 0 saturated carbocycles. The average Bonchev–Trinajstić information content (AvgIpc) is 2.79. The predicted molar refractivity (Wildman–Crippen MR) is 117 cm³/mol. The Morgan fingerprint density at radius 3 is 2.09 bits per heavy atom. The lowest BCUT2D eigenvalue weighted by molar-refractivity contribution is -0.118. The van der Waals surface area contributed by atoms with Gasteiger partial charge in [0.1, 0.15) is 5.82 Å². The fourth-order valence-electron chi connectivity index (χ4n) is 3.58. The Kier molecular flexibility index (Phi) is 6.24. The molecular formula is C23H16ClF4N3O2. The monoisotopic (exact) mass is 477 g/mol. The predicted octanol–water partition coefficient (Wildman–Crippen LogP) is 5.52. The van der Waals surface area contributed by atoms with Gasteiger partial charge >= 0.3 is 6.03 Å². The Morgan fingerprint density at radius 1 is 0.848 bits per heavy atom. The van der Waals surface area contributed by atoms with Gasteiger partial charge in [0.05, 0.1) is 22.8 Å². The quantitative estimate of drug-likeness (QED) is 0.399. The molecule has 0 spiro atoms. The van der Waals surface area contributed by atoms with Crippen LogP contribution in [0.3, 0.4) is 0 Å². The number of nitrogens with zero attached hydrogens (tertiary/aromatic N) is 2. The van der Waals surface area contributed by atoms with Crippen LogP contribution in [0.2, 0.25) is 5.02 Å². The molecule has 1 heterocycles. The van der Waals surface area contributed by atoms with Crippen LogP contribution in [0.4, 0.5) is 39.4 Å². The molecule has 0 fully saturated rings. The van der Waals surface area contributed by atoms with E-state index in [0.29, 0.717) is 17.1 Å². The normalized spacial score (nSPS) is 13.0. The van der Waals surface area contributed by atoms with Crippen LogP contribution in [0.1, 0.15) is 5.56 Å². The first-order chi connectivity index (χ1) is 15.7. The van der Waals surface area contributed by atoms with Crippen LogP contribution in [-0.2, 0) is 11.2 Å². The molecule has 0 saturated heterocycles. The molecule has 10 heteroatoms. The Morgan fingerprint density at radius 2 is 1.45 bits per heavy atom. The Bertz CT molecular complexity index is 1230. The first kappa shape index (κ1) is 22.6. The summed E-state index contributed by atoms with van der Waals surface area (Å²) < 4.78 is 53.6. The highest BCUT2D eigenvalue weighted by Crippen LogP contribution is 2.34. The topological polar surface area (TPSA) is 52.7 Å². The number of benzene rings is 3. The number of carbonyl (C=O) groups excluding carboxylic acids is 2. The zero-order valence-electron chi connectivity index (χ0n) is 16.9. The van der Waals surface area contributed by atoms with E-state index in [0.717, 1.165) is 18.2 Å². The maximum Gasteiger partial charge on any atom is 0.326 e. The van der Waals surface area contributed by atoms with Crippen LogP contribution >= 0.6 is 11.6 Å². The summed E-state index contributed by atoms with van der Waals surface area (Å²) in [6.07, 6.45) is -0.358. The van der Waals surface area contributed by atoms with E-state index in [2.05, 4.69) is 5.32 Å². The summed E-state index contributed by atoms with van der Waals surface area (Å²) in [5, 5.41) is 2.49. The molecule has 1 aliphatic heterocycles. The molecule has 0 radical (unpaired) electrons. The molecule has 0 unspecified atom stereocenters. The van der Waals surface area contributed by atoms with E-state index in [1.54, 1.807) is 24.3 Å². The zero-order chi connectivity index (χ0) is 23.7. The summed E-state index contributed by atoms with van der Waals surface area (Å²) >= 11 is 5.76. The van der Waals surface area contributed by atoms with E-state index in [1.165, 1.54) is 21.9 Å². The lowest BCUT2D eigenvalue weighted by Crippen LogP contribution is -2.48. The summed E-state index contributed by atoms with van der Waals surface area (Å²) in [4.78, 5) is 28.6. The van der Waals surface area contributed by atoms with Crippen molar-refractivity contribution in [3.63, 3.8) is 0 Å². The van der Waals surface area contributed by atoms with Crippen LogP contribution in [0, 0.1) is 23.3 Å². The van der Waals surface area contributed by atoms with Crippen molar-refractivity contribution in [3.05, 3.63) is 88.5 Å². The Hall–Kier alpha value is -3.59. The number of carbonyl (C=O) groups is 2. The third-order valence-corrected chi connectivity index (χ3v) is 5.42. The first-order valence-electron chi connectivity index (χ1n) is 9.81. The smallest absolute Gasteiger partial charge is 0.308 e. The van der Waals surface area contributed by atoms with E-state index >= 15 is 0 Å². The summed E-state index contributed by atoms with van der Waals surface area (Å²) in [6.45, 7) is 0.231. The van der Waals surface area contributed by atoms with Crippen molar-refractivity contribution in [2.75, 3.05) is 28.2 Å². The fraction of sp³-hybridized carbons (Fsp3) is 0.130. The highest BCUT2D eigenvalue weighted by molar-refractivity contribution is 6.31. The molecule has 3 aromatic carbocycles. The number of rotatable bonds is 3. The molecule has 0 aliphatic carbocycles. The zero-order valence-corrected chi connectivity index (χ0v) is 17.7. The van der Waals surface area contributed by atoms with Crippen molar-refractivity contribution in [2.45, 2.75) is 6.42 Å². The lowest BCUT2D eigenvalue weighted by Gasteiger charge is -2.36. The van der Waals surface area contributed by atoms with Crippen LogP contribution < -0.4 is 15.1 Å². The molecular weight excluding hydrogens is 462 g/mol. The van der Waals surface area contributed by atoms with E-state index < -0.39 is 35.2 Å². The van der Waals surface area contributed by atoms with Gasteiger partial charge in [-0.25, -0.2) is 22.4 Å². The molecule has 5 nitrogen and oxygen atoms in total. The molecule has 0 atom stereocenters. The molecule has 1 N–H and O–H groups in total. The highest BCUT2D eigenvalue weighted by Gasteiger charge is 2.30. The van der Waals surface area contributed by atoms with Crippen molar-refractivity contribution >= 4 is 40.6 Å². The van der Waals surface area contributed by atoms with Gasteiger partial charge in [-0.2, -0.15) is 0 Å². The summed E-state index contributed by atoms with van der Waals surface area (Å²) in [7, 11) is 0. The largest absolute Gasteiger partial charge is 0.326 e. The van der Waals surface area contributed by atoms with Gasteiger partial charge in [0.25, 0.3) is 0 Å². The number of anilines is 3. The Balaban J connectivity index is 1.55. The van der Waals surface area contributed by atoms with Crippen molar-refractivity contribution < 1.29 is 27.2 Å². The van der Waals surface area contributed by atoms with E-state index in [-0.39, 0.29) is 30.1 Å². The number of amides is 3. The number of para-hydroxylation sites is 2. The second-order valence-electron chi connectivity index (χ2n) is 7.29. The minimum atomic E-state index is -1.60. The van der Waals surface area contributed by atoms with Gasteiger partial charge < -0.3 is 10.2 Å². The highest BCUT2D eigenvalue weighted by atomic mass is 35.5.